The van der Waals surface area contributed by atoms with Crippen LogP contribution in [0.1, 0.15) is 25.3 Å². The predicted octanol–water partition coefficient (Wildman–Crippen LogP) is 1.69. The topological polar surface area (TPSA) is 64.3 Å². The number of nitrogens with two attached hydrogens (primary N) is 1. The van der Waals surface area contributed by atoms with Crippen molar-refractivity contribution in [3.8, 4) is 0 Å². The predicted molar refractivity (Wildman–Crippen MR) is 79.6 cm³/mol. The van der Waals surface area contributed by atoms with E-state index in [1.54, 1.807) is 0 Å². The van der Waals surface area contributed by atoms with E-state index in [0.717, 1.165) is 0 Å². The Morgan fingerprint density at radius 1 is 1.32 bits per heavy atom. The van der Waals surface area contributed by atoms with E-state index in [1.807, 2.05) is 25.1 Å². The number of hydrogen-bond acceptors (Lipinski definition) is 3. The summed E-state index contributed by atoms with van der Waals surface area (Å²) in [4.78, 5) is 11.8. The van der Waals surface area contributed by atoms with Crippen LogP contribution in [0, 0.1) is 0 Å². The van der Waals surface area contributed by atoms with Crippen LogP contribution in [0.25, 0.3) is 0 Å². The minimum atomic E-state index is -0.611. The van der Waals surface area contributed by atoms with Gasteiger partial charge in [-0.3, -0.25) is 4.79 Å². The molecule has 0 aliphatic carbocycles. The first kappa shape index (κ1) is 17.9. The zero-order chi connectivity index (χ0) is 13.5. The summed E-state index contributed by atoms with van der Waals surface area (Å²) in [6, 6.07) is 9.51. The fraction of sp³-hybridized carbons (Fsp3) is 0.500. The van der Waals surface area contributed by atoms with Crippen molar-refractivity contribution in [2.45, 2.75) is 31.8 Å². The first-order chi connectivity index (χ1) is 8.56. The lowest BCUT2D eigenvalue weighted by Crippen LogP contribution is -2.47. The van der Waals surface area contributed by atoms with E-state index < -0.39 is 6.04 Å². The Morgan fingerprint density at radius 2 is 1.89 bits per heavy atom. The monoisotopic (exact) mass is 286 g/mol. The molecule has 0 saturated heterocycles. The Balaban J connectivity index is 0.00000324. The van der Waals surface area contributed by atoms with Gasteiger partial charge in [0.15, 0.2) is 0 Å². The van der Waals surface area contributed by atoms with Crippen LogP contribution in [0.15, 0.2) is 30.3 Å². The van der Waals surface area contributed by atoms with Crippen molar-refractivity contribution in [3.05, 3.63) is 35.9 Å². The van der Waals surface area contributed by atoms with Crippen LogP contribution in [-0.2, 0) is 9.53 Å². The first-order valence-electron chi connectivity index (χ1n) is 6.16. The molecule has 0 aliphatic heterocycles. The van der Waals surface area contributed by atoms with Gasteiger partial charge in [0.1, 0.15) is 6.04 Å². The number of rotatable bonds is 6. The highest BCUT2D eigenvalue weighted by Crippen LogP contribution is 2.18. The molecule has 0 radical (unpaired) electrons. The van der Waals surface area contributed by atoms with E-state index in [2.05, 4.69) is 24.4 Å². The summed E-state index contributed by atoms with van der Waals surface area (Å²) in [5.74, 6) is 0.0667. The quantitative estimate of drug-likeness (QED) is 0.836. The second-order valence-corrected chi connectivity index (χ2v) is 4.56. The molecule has 3 unspecified atom stereocenters. The number of halogens is 1. The second kappa shape index (κ2) is 8.91. The summed E-state index contributed by atoms with van der Waals surface area (Å²) in [7, 11) is 1.53. The van der Waals surface area contributed by atoms with Gasteiger partial charge in [-0.2, -0.15) is 0 Å². The molecule has 0 saturated carbocycles. The standard InChI is InChI=1S/C14H22N2O2.ClH/c1-10(12-7-5-4-6-8-12)11(2)16-14(17)13(15)9-18-3;/h4-8,10-11,13H,9,15H2,1-3H3,(H,16,17);1H. The number of hydrogen-bond donors (Lipinski definition) is 2. The molecule has 0 bridgehead atoms. The van der Waals surface area contributed by atoms with Crippen molar-refractivity contribution in [3.63, 3.8) is 0 Å². The van der Waals surface area contributed by atoms with Crippen LogP contribution in [0.2, 0.25) is 0 Å². The van der Waals surface area contributed by atoms with E-state index in [-0.39, 0.29) is 36.9 Å². The Labute approximate surface area is 121 Å². The molecule has 3 atom stereocenters. The number of nitrogens with one attached hydrogen (secondary N) is 1. The van der Waals surface area contributed by atoms with Crippen molar-refractivity contribution in [2.24, 2.45) is 5.73 Å². The molecular weight excluding hydrogens is 264 g/mol. The van der Waals surface area contributed by atoms with Gasteiger partial charge in [0.05, 0.1) is 6.61 Å². The molecule has 0 aliphatic rings. The fourth-order valence-corrected chi connectivity index (χ4v) is 1.76. The average molecular weight is 287 g/mol. The maximum absolute atomic E-state index is 11.8. The molecule has 0 spiro atoms. The highest BCUT2D eigenvalue weighted by atomic mass is 35.5. The van der Waals surface area contributed by atoms with E-state index in [9.17, 15) is 4.79 Å². The van der Waals surface area contributed by atoms with E-state index in [4.69, 9.17) is 10.5 Å². The zero-order valence-corrected chi connectivity index (χ0v) is 12.4. The van der Waals surface area contributed by atoms with Gasteiger partial charge in [0.25, 0.3) is 0 Å². The molecule has 0 heterocycles. The molecule has 1 amide bonds. The summed E-state index contributed by atoms with van der Waals surface area (Å²) >= 11 is 0. The number of ether oxygens (including phenoxy) is 1. The van der Waals surface area contributed by atoms with Gasteiger partial charge < -0.3 is 15.8 Å². The van der Waals surface area contributed by atoms with Crippen molar-refractivity contribution in [1.82, 2.24) is 5.32 Å². The highest BCUT2D eigenvalue weighted by molar-refractivity contribution is 5.85. The normalized spacial score (nSPS) is 14.9. The Hall–Kier alpha value is -1.10. The van der Waals surface area contributed by atoms with Crippen LogP contribution >= 0.6 is 12.4 Å². The SMILES string of the molecule is COCC(N)C(=O)NC(C)C(C)c1ccccc1.Cl. The molecule has 5 heteroatoms. The summed E-state index contributed by atoms with van der Waals surface area (Å²) < 4.78 is 4.87. The largest absolute Gasteiger partial charge is 0.383 e. The number of carbonyl (C=O) groups excluding carboxylic acids is 1. The van der Waals surface area contributed by atoms with Gasteiger partial charge in [-0.25, -0.2) is 0 Å². The number of amides is 1. The fourth-order valence-electron chi connectivity index (χ4n) is 1.76. The molecule has 19 heavy (non-hydrogen) atoms. The molecule has 0 aromatic heterocycles. The molecular formula is C14H23ClN2O2. The smallest absolute Gasteiger partial charge is 0.239 e. The van der Waals surface area contributed by atoms with E-state index in [1.165, 1.54) is 12.7 Å². The van der Waals surface area contributed by atoms with Crippen molar-refractivity contribution < 1.29 is 9.53 Å². The minimum Gasteiger partial charge on any atom is -0.383 e. The average Bonchev–Trinajstić information content (AvgIpc) is 2.39. The molecule has 0 fully saturated rings. The minimum absolute atomic E-state index is 0. The maximum Gasteiger partial charge on any atom is 0.239 e. The lowest BCUT2D eigenvalue weighted by atomic mass is 9.94. The molecule has 1 aromatic rings. The summed E-state index contributed by atoms with van der Waals surface area (Å²) in [5, 5.41) is 2.92. The maximum atomic E-state index is 11.8. The highest BCUT2D eigenvalue weighted by Gasteiger charge is 2.19. The third-order valence-corrected chi connectivity index (χ3v) is 3.13. The molecule has 4 nitrogen and oxygen atoms in total. The van der Waals surface area contributed by atoms with Gasteiger partial charge in [-0.1, -0.05) is 37.3 Å². The van der Waals surface area contributed by atoms with Gasteiger partial charge in [-0.05, 0) is 12.5 Å². The van der Waals surface area contributed by atoms with Gasteiger partial charge in [0, 0.05) is 19.1 Å². The zero-order valence-electron chi connectivity index (χ0n) is 11.6. The Kier molecular flexibility index (Phi) is 8.39. The van der Waals surface area contributed by atoms with E-state index >= 15 is 0 Å². The third kappa shape index (κ3) is 5.59. The molecule has 1 rings (SSSR count). The van der Waals surface area contributed by atoms with Gasteiger partial charge >= 0.3 is 0 Å². The van der Waals surface area contributed by atoms with Gasteiger partial charge in [-0.15, -0.1) is 12.4 Å². The summed E-state index contributed by atoms with van der Waals surface area (Å²) in [6.07, 6.45) is 0. The third-order valence-electron chi connectivity index (χ3n) is 3.13. The lowest BCUT2D eigenvalue weighted by Gasteiger charge is -2.23. The van der Waals surface area contributed by atoms with E-state index in [0.29, 0.717) is 0 Å². The van der Waals surface area contributed by atoms with Crippen molar-refractivity contribution in [1.29, 1.82) is 0 Å². The summed E-state index contributed by atoms with van der Waals surface area (Å²) in [6.45, 7) is 4.30. The van der Waals surface area contributed by atoms with Crippen molar-refractivity contribution in [2.75, 3.05) is 13.7 Å². The molecule has 108 valence electrons. The number of benzene rings is 1. The number of carbonyl (C=O) groups is 1. The summed E-state index contributed by atoms with van der Waals surface area (Å²) in [5.41, 5.74) is 6.88. The number of methoxy groups -OCH3 is 1. The van der Waals surface area contributed by atoms with Crippen LogP contribution in [-0.4, -0.2) is 31.7 Å². The van der Waals surface area contributed by atoms with Crippen LogP contribution in [0.4, 0.5) is 0 Å². The Morgan fingerprint density at radius 3 is 2.42 bits per heavy atom. The van der Waals surface area contributed by atoms with Crippen LogP contribution in [0.3, 0.4) is 0 Å². The lowest BCUT2D eigenvalue weighted by molar-refractivity contribution is -0.124. The van der Waals surface area contributed by atoms with Gasteiger partial charge in [0.2, 0.25) is 5.91 Å². The van der Waals surface area contributed by atoms with Crippen LogP contribution in [0.5, 0.6) is 0 Å². The Bertz CT molecular complexity index is 373. The van der Waals surface area contributed by atoms with Crippen molar-refractivity contribution >= 4 is 18.3 Å². The van der Waals surface area contributed by atoms with Crippen LogP contribution < -0.4 is 11.1 Å². The molecule has 3 N–H and O–H groups in total. The second-order valence-electron chi connectivity index (χ2n) is 4.56. The first-order valence-corrected chi connectivity index (χ1v) is 6.16. The molecule has 1 aromatic carbocycles.